The Hall–Kier alpha value is -11.2. The van der Waals surface area contributed by atoms with Crippen LogP contribution in [0.25, 0.3) is 110 Å². The summed E-state index contributed by atoms with van der Waals surface area (Å²) in [5.74, 6) is 0. The van der Waals surface area contributed by atoms with Crippen molar-refractivity contribution in [3.05, 3.63) is 274 Å². The van der Waals surface area contributed by atoms with Crippen molar-refractivity contribution in [3.8, 4) is 22.7 Å². The molecule has 0 fully saturated rings. The number of rotatable bonds is 4. The van der Waals surface area contributed by atoms with Crippen LogP contribution in [0.15, 0.2) is 218 Å². The molecule has 0 amide bonds. The number of hydrogen-bond donors (Lipinski definition) is 0. The number of aryl methyl sites for hydroxylation is 10. The van der Waals surface area contributed by atoms with Crippen LogP contribution in [0.1, 0.15) is 55.6 Å². The summed E-state index contributed by atoms with van der Waals surface area (Å²) >= 11 is 0. The van der Waals surface area contributed by atoms with Gasteiger partial charge in [0.05, 0.1) is 44.5 Å². The number of nitrogens with zero attached hydrogens (tertiary/aromatic N) is 6. The van der Waals surface area contributed by atoms with Gasteiger partial charge >= 0.3 is 0 Å². The first-order chi connectivity index (χ1) is 46.7. The van der Waals surface area contributed by atoms with E-state index < -0.39 is 0 Å². The number of anilines is 6. The molecule has 4 aromatic heterocycles. The molecule has 0 atom stereocenters. The van der Waals surface area contributed by atoms with Crippen molar-refractivity contribution in [3.63, 3.8) is 0 Å². The second kappa shape index (κ2) is 18.8. The number of fused-ring (bicyclic) bond motifs is 20. The maximum absolute atomic E-state index is 2.71. The summed E-state index contributed by atoms with van der Waals surface area (Å²) in [6.07, 6.45) is 0. The maximum atomic E-state index is 2.71. The standard InChI is InChI=1S/C88H66B2N6/c1-47-11-21-57(22-12-47)91-79-46-80-70(45-69(79)89-71-39-55(9)37-67-65-35-53(7)19-29-77(65)95(87(67)71)83-43-59(41-81(91)85(83)89)93-73-25-15-49(3)31-61(73)62-32-50(4)16-26-74(62)93)90-72-40-56(10)38-68-66-36-54(8)20-30-78(66)96(88(68)72)84-44-60(42-82(86(84)90)92(80)58-23-13-48(2)14-24-58)94-75-27-17-51(5)33-63(75)64-34-52(6)18-28-76(64)94/h11-46H,1-10H3. The fraction of sp³-hybridized carbons (Fsp3) is 0.114. The normalized spacial score (nSPS) is 13.4. The third kappa shape index (κ3) is 7.13. The molecule has 4 aliphatic rings. The van der Waals surface area contributed by atoms with E-state index in [1.54, 1.807) is 0 Å². The SMILES string of the molecule is Cc1ccc(N2c3cc4c(cc3B3c5c2cc(-n2c6ccc(C)cc6c6cc(C)ccc62)cc5-n2c5ccc(C)cc5c5cc(C)cc3c52)B2c3c(cc(-n5c6ccc(C)cc6c6cc(C)ccc65)cc3-n3c5ccc(C)cc5c5cc(C)cc2c53)N4c2ccc(C)cc2)cc1. The lowest BCUT2D eigenvalue weighted by molar-refractivity contribution is 1.12. The molecule has 8 heteroatoms. The highest BCUT2D eigenvalue weighted by Crippen LogP contribution is 2.50. The lowest BCUT2D eigenvalue weighted by atomic mass is 9.30. The first-order valence-electron chi connectivity index (χ1n) is 34.1. The summed E-state index contributed by atoms with van der Waals surface area (Å²) < 4.78 is 10.4. The van der Waals surface area contributed by atoms with Crippen molar-refractivity contribution >= 4 is 168 Å². The largest absolute Gasteiger partial charge is 0.311 e. The third-order valence-corrected chi connectivity index (χ3v) is 22.3. The molecular formula is C88H66B2N6. The molecule has 0 saturated heterocycles. The molecule has 0 saturated carbocycles. The van der Waals surface area contributed by atoms with Crippen LogP contribution in [0.5, 0.6) is 0 Å². The highest BCUT2D eigenvalue weighted by Gasteiger charge is 2.48. The second-order valence-corrected chi connectivity index (χ2v) is 28.9. The van der Waals surface area contributed by atoms with Crippen molar-refractivity contribution in [2.24, 2.45) is 0 Å². The molecule has 4 aliphatic heterocycles. The topological polar surface area (TPSA) is 26.2 Å². The van der Waals surface area contributed by atoms with Crippen LogP contribution in [0.2, 0.25) is 0 Å². The molecule has 454 valence electrons. The molecule has 0 unspecified atom stereocenters. The van der Waals surface area contributed by atoms with Crippen LogP contribution in [0, 0.1) is 69.2 Å². The minimum absolute atomic E-state index is 0.135. The Bertz CT molecular complexity index is 5960. The molecule has 0 bridgehead atoms. The molecule has 21 rings (SSSR count). The third-order valence-electron chi connectivity index (χ3n) is 22.3. The van der Waals surface area contributed by atoms with Gasteiger partial charge in [0.2, 0.25) is 0 Å². The summed E-state index contributed by atoms with van der Waals surface area (Å²) in [4.78, 5) is 5.31. The van der Waals surface area contributed by atoms with Gasteiger partial charge in [0.1, 0.15) is 0 Å². The number of aromatic nitrogens is 4. The fourth-order valence-electron chi connectivity index (χ4n) is 18.3. The number of benzene rings is 13. The Morgan fingerprint density at radius 2 is 0.479 bits per heavy atom. The molecule has 8 heterocycles. The van der Waals surface area contributed by atoms with E-state index in [1.165, 1.54) is 210 Å². The molecule has 17 aromatic rings. The van der Waals surface area contributed by atoms with Crippen molar-refractivity contribution in [2.45, 2.75) is 69.2 Å². The molecule has 0 radical (unpaired) electrons. The molecule has 96 heavy (non-hydrogen) atoms. The van der Waals surface area contributed by atoms with E-state index in [2.05, 4.69) is 316 Å². The molecule has 0 aliphatic carbocycles. The zero-order valence-electron chi connectivity index (χ0n) is 55.6. The Kier molecular flexibility index (Phi) is 10.6. The van der Waals surface area contributed by atoms with E-state index in [4.69, 9.17) is 0 Å². The Morgan fingerprint density at radius 3 is 0.812 bits per heavy atom. The van der Waals surface area contributed by atoms with Gasteiger partial charge < -0.3 is 28.1 Å². The van der Waals surface area contributed by atoms with Gasteiger partial charge in [0.25, 0.3) is 13.4 Å². The lowest BCUT2D eigenvalue weighted by Gasteiger charge is -2.45. The van der Waals surface area contributed by atoms with Gasteiger partial charge in [0.15, 0.2) is 0 Å². The monoisotopic (exact) mass is 1230 g/mol. The first kappa shape index (κ1) is 54.2. The summed E-state index contributed by atoms with van der Waals surface area (Å²) in [7, 11) is 0. The van der Waals surface area contributed by atoms with Gasteiger partial charge in [-0.1, -0.05) is 134 Å². The predicted molar refractivity (Wildman–Crippen MR) is 410 cm³/mol. The highest BCUT2D eigenvalue weighted by molar-refractivity contribution is 7.03. The fourth-order valence-corrected chi connectivity index (χ4v) is 18.3. The Labute approximate surface area is 558 Å². The van der Waals surface area contributed by atoms with Crippen molar-refractivity contribution < 1.29 is 0 Å². The van der Waals surface area contributed by atoms with Gasteiger partial charge in [-0.2, -0.15) is 0 Å². The zero-order chi connectivity index (χ0) is 64.3. The minimum Gasteiger partial charge on any atom is -0.311 e. The van der Waals surface area contributed by atoms with Gasteiger partial charge in [0, 0.05) is 99.6 Å². The quantitative estimate of drug-likeness (QED) is 0.164. The predicted octanol–water partition coefficient (Wildman–Crippen LogP) is 18.4. The maximum Gasteiger partial charge on any atom is 0.252 e. The molecular weight excluding hydrogens is 1160 g/mol. The van der Waals surface area contributed by atoms with Crippen LogP contribution in [0.4, 0.5) is 34.1 Å². The minimum atomic E-state index is -0.135. The Balaban J connectivity index is 0.936. The average molecular weight is 1230 g/mol. The van der Waals surface area contributed by atoms with Gasteiger partial charge in [-0.25, -0.2) is 0 Å². The van der Waals surface area contributed by atoms with Gasteiger partial charge in [-0.15, -0.1) is 0 Å². The molecule has 0 spiro atoms. The van der Waals surface area contributed by atoms with E-state index in [9.17, 15) is 0 Å². The Morgan fingerprint density at radius 1 is 0.198 bits per heavy atom. The van der Waals surface area contributed by atoms with E-state index >= 15 is 0 Å². The number of hydrogen-bond acceptors (Lipinski definition) is 2. The van der Waals surface area contributed by atoms with E-state index in [-0.39, 0.29) is 13.4 Å². The highest BCUT2D eigenvalue weighted by atomic mass is 15.2. The molecule has 13 aromatic carbocycles. The lowest BCUT2D eigenvalue weighted by Crippen LogP contribution is -2.64. The van der Waals surface area contributed by atoms with Crippen molar-refractivity contribution in [1.29, 1.82) is 0 Å². The zero-order valence-corrected chi connectivity index (χ0v) is 55.6. The van der Waals surface area contributed by atoms with Crippen LogP contribution in [-0.4, -0.2) is 31.7 Å². The van der Waals surface area contributed by atoms with E-state index in [0.717, 1.165) is 22.7 Å². The van der Waals surface area contributed by atoms with Crippen LogP contribution < -0.4 is 42.6 Å². The van der Waals surface area contributed by atoms with Crippen LogP contribution >= 0.6 is 0 Å². The summed E-state index contributed by atoms with van der Waals surface area (Å²) in [6, 6.07) is 86.5. The van der Waals surface area contributed by atoms with Crippen LogP contribution in [-0.2, 0) is 0 Å². The van der Waals surface area contributed by atoms with E-state index in [1.807, 2.05) is 0 Å². The second-order valence-electron chi connectivity index (χ2n) is 28.9. The van der Waals surface area contributed by atoms with E-state index in [0.29, 0.717) is 0 Å². The average Bonchev–Trinajstić information content (AvgIpc) is 1.23. The van der Waals surface area contributed by atoms with Crippen molar-refractivity contribution in [1.82, 2.24) is 18.3 Å². The van der Waals surface area contributed by atoms with Crippen LogP contribution in [0.3, 0.4) is 0 Å². The molecule has 6 nitrogen and oxygen atoms in total. The van der Waals surface area contributed by atoms with Gasteiger partial charge in [-0.05, 0) is 242 Å². The van der Waals surface area contributed by atoms with Crippen molar-refractivity contribution in [2.75, 3.05) is 9.80 Å². The first-order valence-corrected chi connectivity index (χ1v) is 34.1. The summed E-state index contributed by atoms with van der Waals surface area (Å²) in [5, 5.41) is 10.3. The molecule has 0 N–H and O–H groups in total. The summed E-state index contributed by atoms with van der Waals surface area (Å²) in [5.41, 5.74) is 42.0. The smallest absolute Gasteiger partial charge is 0.252 e. The van der Waals surface area contributed by atoms with Gasteiger partial charge in [-0.3, -0.25) is 0 Å². The summed E-state index contributed by atoms with van der Waals surface area (Å²) in [6.45, 7) is 22.2.